The van der Waals surface area contributed by atoms with Crippen molar-refractivity contribution < 1.29 is 4.74 Å². The van der Waals surface area contributed by atoms with Gasteiger partial charge in [0.05, 0.1) is 16.9 Å². The van der Waals surface area contributed by atoms with Gasteiger partial charge in [-0.1, -0.05) is 0 Å². The summed E-state index contributed by atoms with van der Waals surface area (Å²) in [4.78, 5) is 4.14. The lowest BCUT2D eigenvalue weighted by Crippen LogP contribution is -1.89. The highest BCUT2D eigenvalue weighted by Crippen LogP contribution is 2.29. The van der Waals surface area contributed by atoms with Crippen molar-refractivity contribution in [2.24, 2.45) is 7.05 Å². The molecule has 78 valence electrons. The van der Waals surface area contributed by atoms with E-state index in [1.807, 2.05) is 20.0 Å². The molecule has 0 amide bonds. The van der Waals surface area contributed by atoms with Gasteiger partial charge < -0.3 is 4.74 Å². The minimum atomic E-state index is 0.558. The van der Waals surface area contributed by atoms with Gasteiger partial charge in [0.15, 0.2) is 5.75 Å². The maximum atomic E-state index is 5.57. The van der Waals surface area contributed by atoms with Crippen LogP contribution < -0.4 is 4.74 Å². The fraction of sp³-hybridized carbons (Fsp3) is 0.200. The van der Waals surface area contributed by atoms with Gasteiger partial charge in [-0.3, -0.25) is 4.68 Å². The van der Waals surface area contributed by atoms with E-state index in [4.69, 9.17) is 4.74 Å². The lowest BCUT2D eigenvalue weighted by Gasteiger charge is -2.05. The molecular formula is C10H10BrN3O. The van der Waals surface area contributed by atoms with Gasteiger partial charge >= 0.3 is 0 Å². The molecule has 0 aliphatic heterocycles. The average molecular weight is 268 g/mol. The summed E-state index contributed by atoms with van der Waals surface area (Å²) in [6, 6.07) is 1.92. The first-order valence-corrected chi connectivity index (χ1v) is 5.24. The number of aromatic nitrogens is 3. The highest BCUT2D eigenvalue weighted by molar-refractivity contribution is 9.10. The molecule has 0 saturated carbocycles. The Labute approximate surface area is 96.0 Å². The smallest absolute Gasteiger partial charge is 0.234 e. The van der Waals surface area contributed by atoms with Gasteiger partial charge in [-0.15, -0.1) is 0 Å². The molecule has 2 rings (SSSR count). The topological polar surface area (TPSA) is 39.9 Å². The van der Waals surface area contributed by atoms with E-state index >= 15 is 0 Å². The van der Waals surface area contributed by atoms with Gasteiger partial charge in [0.2, 0.25) is 5.88 Å². The van der Waals surface area contributed by atoms with Gasteiger partial charge in [-0.05, 0) is 34.5 Å². The minimum Gasteiger partial charge on any atom is -0.435 e. The highest BCUT2D eigenvalue weighted by Gasteiger charge is 2.07. The Hall–Kier alpha value is -1.36. The Kier molecular flexibility index (Phi) is 2.73. The van der Waals surface area contributed by atoms with Gasteiger partial charge in [0, 0.05) is 13.2 Å². The minimum absolute atomic E-state index is 0.558. The Morgan fingerprint density at radius 1 is 1.47 bits per heavy atom. The standard InChI is InChI=1S/C10H10BrN3O/c1-7-3-4-12-10(9(7)11)15-8-5-13-14(2)6-8/h3-6H,1-2H3. The van der Waals surface area contributed by atoms with E-state index in [9.17, 15) is 0 Å². The molecule has 0 aliphatic rings. The number of pyridine rings is 1. The van der Waals surface area contributed by atoms with Crippen molar-refractivity contribution in [3.8, 4) is 11.6 Å². The van der Waals surface area contributed by atoms with E-state index in [-0.39, 0.29) is 0 Å². The zero-order valence-electron chi connectivity index (χ0n) is 8.44. The molecule has 0 aromatic carbocycles. The van der Waals surface area contributed by atoms with Crippen molar-refractivity contribution in [3.05, 3.63) is 34.7 Å². The van der Waals surface area contributed by atoms with Crippen molar-refractivity contribution >= 4 is 15.9 Å². The summed E-state index contributed by atoms with van der Waals surface area (Å²) in [5.74, 6) is 1.24. The molecule has 0 unspecified atom stereocenters. The maximum Gasteiger partial charge on any atom is 0.234 e. The Morgan fingerprint density at radius 2 is 2.27 bits per heavy atom. The summed E-state index contributed by atoms with van der Waals surface area (Å²) in [6.07, 6.45) is 5.15. The normalized spacial score (nSPS) is 10.3. The zero-order valence-corrected chi connectivity index (χ0v) is 10.0. The number of ether oxygens (including phenoxy) is 1. The molecule has 0 spiro atoms. The molecule has 0 aliphatic carbocycles. The van der Waals surface area contributed by atoms with E-state index in [1.165, 1.54) is 0 Å². The molecule has 4 nitrogen and oxygen atoms in total. The van der Waals surface area contributed by atoms with Crippen molar-refractivity contribution in [1.82, 2.24) is 14.8 Å². The van der Waals surface area contributed by atoms with Crippen LogP contribution in [0.3, 0.4) is 0 Å². The number of halogens is 1. The molecule has 0 saturated heterocycles. The average Bonchev–Trinajstić information content (AvgIpc) is 2.59. The van der Waals surface area contributed by atoms with Crippen LogP contribution in [0.1, 0.15) is 5.56 Å². The van der Waals surface area contributed by atoms with Crippen molar-refractivity contribution in [2.75, 3.05) is 0 Å². The third kappa shape index (κ3) is 2.18. The number of rotatable bonds is 2. The molecule has 0 fully saturated rings. The molecule has 2 heterocycles. The van der Waals surface area contributed by atoms with Crippen molar-refractivity contribution in [3.63, 3.8) is 0 Å². The molecular weight excluding hydrogens is 258 g/mol. The quantitative estimate of drug-likeness (QED) is 0.840. The van der Waals surface area contributed by atoms with Crippen LogP contribution in [0.5, 0.6) is 11.6 Å². The second kappa shape index (κ2) is 4.02. The summed E-state index contributed by atoms with van der Waals surface area (Å²) >= 11 is 3.43. The van der Waals surface area contributed by atoms with Crippen molar-refractivity contribution in [1.29, 1.82) is 0 Å². The number of hydrogen-bond acceptors (Lipinski definition) is 3. The Balaban J connectivity index is 2.28. The zero-order chi connectivity index (χ0) is 10.8. The summed E-state index contributed by atoms with van der Waals surface area (Å²) in [6.45, 7) is 1.99. The predicted octanol–water partition coefficient (Wildman–Crippen LogP) is 2.68. The summed E-state index contributed by atoms with van der Waals surface area (Å²) in [5.41, 5.74) is 1.09. The van der Waals surface area contributed by atoms with Crippen molar-refractivity contribution in [2.45, 2.75) is 6.92 Å². The van der Waals surface area contributed by atoms with Gasteiger partial charge in [-0.25, -0.2) is 4.98 Å². The Bertz CT molecular complexity index is 481. The fourth-order valence-corrected chi connectivity index (χ4v) is 1.47. The van der Waals surface area contributed by atoms with E-state index in [0.717, 1.165) is 10.0 Å². The second-order valence-electron chi connectivity index (χ2n) is 3.20. The molecule has 2 aromatic heterocycles. The van der Waals surface area contributed by atoms with Crippen LogP contribution in [0.15, 0.2) is 29.1 Å². The molecule has 15 heavy (non-hydrogen) atoms. The van der Waals surface area contributed by atoms with Crippen LogP contribution >= 0.6 is 15.9 Å². The van der Waals surface area contributed by atoms with Crippen LogP contribution in [-0.2, 0) is 7.05 Å². The van der Waals surface area contributed by atoms with E-state index in [1.54, 1.807) is 23.3 Å². The first-order valence-electron chi connectivity index (χ1n) is 4.44. The maximum absolute atomic E-state index is 5.57. The monoisotopic (exact) mass is 267 g/mol. The molecule has 5 heteroatoms. The van der Waals surface area contributed by atoms with Gasteiger partial charge in [0.1, 0.15) is 0 Å². The molecule has 0 bridgehead atoms. The predicted molar refractivity (Wildman–Crippen MR) is 60.0 cm³/mol. The van der Waals surface area contributed by atoms with E-state index < -0.39 is 0 Å². The van der Waals surface area contributed by atoms with Gasteiger partial charge in [0.25, 0.3) is 0 Å². The SMILES string of the molecule is Cc1ccnc(Oc2cnn(C)c2)c1Br. The summed E-state index contributed by atoms with van der Waals surface area (Å²) in [7, 11) is 1.84. The van der Waals surface area contributed by atoms with E-state index in [2.05, 4.69) is 26.0 Å². The second-order valence-corrected chi connectivity index (χ2v) is 3.99. The van der Waals surface area contributed by atoms with Crippen LogP contribution in [-0.4, -0.2) is 14.8 Å². The van der Waals surface area contributed by atoms with Crippen LogP contribution in [0.2, 0.25) is 0 Å². The lowest BCUT2D eigenvalue weighted by atomic mass is 10.3. The largest absolute Gasteiger partial charge is 0.435 e. The lowest BCUT2D eigenvalue weighted by molar-refractivity contribution is 0.458. The first kappa shape index (κ1) is 10.2. The molecule has 0 radical (unpaired) electrons. The highest BCUT2D eigenvalue weighted by atomic mass is 79.9. The third-order valence-electron chi connectivity index (χ3n) is 1.95. The van der Waals surface area contributed by atoms with Crippen LogP contribution in [0.4, 0.5) is 0 Å². The van der Waals surface area contributed by atoms with Crippen LogP contribution in [0.25, 0.3) is 0 Å². The molecule has 0 N–H and O–H groups in total. The fourth-order valence-electron chi connectivity index (χ4n) is 1.15. The molecule has 0 atom stereocenters. The number of nitrogens with zero attached hydrogens (tertiary/aromatic N) is 3. The molecule has 2 aromatic rings. The third-order valence-corrected chi connectivity index (χ3v) is 2.91. The Morgan fingerprint density at radius 3 is 2.93 bits per heavy atom. The van der Waals surface area contributed by atoms with Crippen LogP contribution in [0, 0.1) is 6.92 Å². The van der Waals surface area contributed by atoms with Gasteiger partial charge in [-0.2, -0.15) is 5.10 Å². The number of hydrogen-bond donors (Lipinski definition) is 0. The summed E-state index contributed by atoms with van der Waals surface area (Å²) < 4.78 is 8.12. The summed E-state index contributed by atoms with van der Waals surface area (Å²) in [5, 5.41) is 4.01. The number of aryl methyl sites for hydroxylation is 2. The first-order chi connectivity index (χ1) is 7.16. The van der Waals surface area contributed by atoms with E-state index in [0.29, 0.717) is 11.6 Å².